The number of aliphatic hydroxyl groups is 1. The van der Waals surface area contributed by atoms with Crippen LogP contribution in [0.2, 0.25) is 0 Å². The Kier molecular flexibility index (Phi) is 4.30. The van der Waals surface area contributed by atoms with Gasteiger partial charge in [0.2, 0.25) is 6.33 Å². The zero-order chi connectivity index (χ0) is 11.3. The fraction of sp³-hybridized carbons (Fsp3) is 0.600. The van der Waals surface area contributed by atoms with E-state index in [0.717, 1.165) is 6.54 Å². The highest BCUT2D eigenvalue weighted by Gasteiger charge is 2.20. The van der Waals surface area contributed by atoms with Crippen LogP contribution < -0.4 is 4.57 Å². The molecule has 1 atom stereocenters. The average molecular weight is 213 g/mol. The standard InChI is InChI=1S/C10H17N2O3/c1-9(10(14)15-2)12-6-5-11(8-12)4-3-7-13/h5-6,8-9,13H,3-4,7H2,1-2H3/q+1. The molecule has 1 heterocycles. The smallest absolute Gasteiger partial charge is 0.351 e. The SMILES string of the molecule is COC(=O)C(C)n1cc[n+](CCCO)c1. The highest BCUT2D eigenvalue weighted by molar-refractivity contribution is 5.73. The molecule has 0 radical (unpaired) electrons. The maximum absolute atomic E-state index is 11.2. The molecule has 5 nitrogen and oxygen atoms in total. The molecule has 0 bridgehead atoms. The quantitative estimate of drug-likeness (QED) is 0.548. The van der Waals surface area contributed by atoms with Crippen molar-refractivity contribution >= 4 is 5.97 Å². The number of methoxy groups -OCH3 is 1. The van der Waals surface area contributed by atoms with E-state index in [-0.39, 0.29) is 18.6 Å². The van der Waals surface area contributed by atoms with Crippen LogP contribution in [0.5, 0.6) is 0 Å². The molecule has 1 aromatic heterocycles. The van der Waals surface area contributed by atoms with E-state index in [0.29, 0.717) is 6.42 Å². The number of aromatic nitrogens is 2. The van der Waals surface area contributed by atoms with Crippen molar-refractivity contribution in [3.63, 3.8) is 0 Å². The molecule has 0 fully saturated rings. The summed E-state index contributed by atoms with van der Waals surface area (Å²) < 4.78 is 8.35. The Morgan fingerprint density at radius 3 is 3.00 bits per heavy atom. The number of carbonyl (C=O) groups is 1. The minimum absolute atomic E-state index is 0.171. The van der Waals surface area contributed by atoms with Gasteiger partial charge in [-0.3, -0.25) is 0 Å². The predicted molar refractivity (Wildman–Crippen MR) is 53.1 cm³/mol. The monoisotopic (exact) mass is 213 g/mol. The molecular formula is C10H17N2O3+. The number of esters is 1. The maximum atomic E-state index is 11.2. The van der Waals surface area contributed by atoms with Crippen molar-refractivity contribution in [3.05, 3.63) is 18.7 Å². The number of carbonyl (C=O) groups excluding carboxylic acids is 1. The third-order valence-corrected chi connectivity index (χ3v) is 2.28. The summed E-state index contributed by atoms with van der Waals surface area (Å²) in [4.78, 5) is 11.2. The van der Waals surface area contributed by atoms with E-state index in [1.165, 1.54) is 7.11 Å². The van der Waals surface area contributed by atoms with Gasteiger partial charge < -0.3 is 9.84 Å². The van der Waals surface area contributed by atoms with Crippen molar-refractivity contribution in [2.75, 3.05) is 13.7 Å². The molecule has 1 unspecified atom stereocenters. The first-order valence-electron chi connectivity index (χ1n) is 4.94. The number of aryl methyl sites for hydroxylation is 1. The van der Waals surface area contributed by atoms with Crippen molar-refractivity contribution in [3.8, 4) is 0 Å². The second kappa shape index (κ2) is 5.50. The Morgan fingerprint density at radius 2 is 2.40 bits per heavy atom. The van der Waals surface area contributed by atoms with E-state index in [1.54, 1.807) is 11.5 Å². The van der Waals surface area contributed by atoms with Gasteiger partial charge in [0.1, 0.15) is 12.4 Å². The number of nitrogens with zero attached hydrogens (tertiary/aromatic N) is 2. The van der Waals surface area contributed by atoms with Crippen molar-refractivity contribution in [2.45, 2.75) is 25.9 Å². The second-order valence-electron chi connectivity index (χ2n) is 3.37. The molecule has 15 heavy (non-hydrogen) atoms. The average Bonchev–Trinajstić information content (AvgIpc) is 2.72. The first-order chi connectivity index (χ1) is 7.19. The zero-order valence-electron chi connectivity index (χ0n) is 9.09. The molecule has 0 saturated carbocycles. The number of rotatable bonds is 5. The topological polar surface area (TPSA) is 55.3 Å². The molecule has 0 aliphatic carbocycles. The summed E-state index contributed by atoms with van der Waals surface area (Å²) in [5.74, 6) is -0.264. The number of ether oxygens (including phenoxy) is 1. The summed E-state index contributed by atoms with van der Waals surface area (Å²) in [5.41, 5.74) is 0. The largest absolute Gasteiger partial charge is 0.466 e. The van der Waals surface area contributed by atoms with Crippen LogP contribution in [0.3, 0.4) is 0 Å². The fourth-order valence-corrected chi connectivity index (χ4v) is 1.32. The Labute approximate surface area is 88.9 Å². The summed E-state index contributed by atoms with van der Waals surface area (Å²) in [6.07, 6.45) is 6.23. The molecule has 1 rings (SSSR count). The van der Waals surface area contributed by atoms with E-state index < -0.39 is 0 Å². The summed E-state index contributed by atoms with van der Waals surface area (Å²) in [5, 5.41) is 8.68. The molecule has 0 aliphatic heterocycles. The summed E-state index contributed by atoms with van der Waals surface area (Å²) >= 11 is 0. The van der Waals surface area contributed by atoms with Crippen LogP contribution in [0.1, 0.15) is 19.4 Å². The van der Waals surface area contributed by atoms with Crippen LogP contribution >= 0.6 is 0 Å². The minimum Gasteiger partial charge on any atom is -0.466 e. The lowest BCUT2D eigenvalue weighted by molar-refractivity contribution is -0.697. The lowest BCUT2D eigenvalue weighted by Crippen LogP contribution is -2.32. The maximum Gasteiger partial charge on any atom is 0.351 e. The van der Waals surface area contributed by atoms with Gasteiger partial charge in [0.15, 0.2) is 6.04 Å². The number of aliphatic hydroxyl groups excluding tert-OH is 1. The van der Waals surface area contributed by atoms with E-state index in [2.05, 4.69) is 4.74 Å². The van der Waals surface area contributed by atoms with Gasteiger partial charge in [0.05, 0.1) is 13.7 Å². The van der Waals surface area contributed by atoms with E-state index in [4.69, 9.17) is 5.11 Å². The highest BCUT2D eigenvalue weighted by atomic mass is 16.5. The summed E-state index contributed by atoms with van der Waals surface area (Å²) in [7, 11) is 1.38. The Balaban J connectivity index is 2.62. The van der Waals surface area contributed by atoms with E-state index >= 15 is 0 Å². The molecule has 0 saturated heterocycles. The first-order valence-corrected chi connectivity index (χ1v) is 4.94. The molecule has 5 heteroatoms. The number of hydrogen-bond donors (Lipinski definition) is 1. The Bertz CT molecular complexity index is 322. The molecule has 1 aromatic rings. The molecule has 0 aromatic carbocycles. The number of imidazole rings is 1. The van der Waals surface area contributed by atoms with Gasteiger partial charge in [-0.15, -0.1) is 0 Å². The second-order valence-corrected chi connectivity index (χ2v) is 3.37. The van der Waals surface area contributed by atoms with Gasteiger partial charge in [-0.05, 0) is 6.92 Å². The van der Waals surface area contributed by atoms with Gasteiger partial charge in [-0.1, -0.05) is 0 Å². The van der Waals surface area contributed by atoms with Gasteiger partial charge in [0.25, 0.3) is 0 Å². The van der Waals surface area contributed by atoms with Crippen LogP contribution in [0.25, 0.3) is 0 Å². The molecule has 84 valence electrons. The van der Waals surface area contributed by atoms with Crippen LogP contribution in [0.15, 0.2) is 18.7 Å². The van der Waals surface area contributed by atoms with Gasteiger partial charge in [0, 0.05) is 13.0 Å². The molecule has 0 aliphatic rings. The summed E-state index contributed by atoms with van der Waals surface area (Å²) in [6, 6.07) is -0.314. The van der Waals surface area contributed by atoms with Gasteiger partial charge in [-0.2, -0.15) is 0 Å². The normalized spacial score (nSPS) is 12.5. The lowest BCUT2D eigenvalue weighted by Gasteiger charge is -2.04. The third kappa shape index (κ3) is 3.06. The molecule has 0 spiro atoms. The molecular weight excluding hydrogens is 196 g/mol. The Hall–Kier alpha value is -1.36. The van der Waals surface area contributed by atoms with E-state index in [9.17, 15) is 4.79 Å². The molecule has 0 amide bonds. The fourth-order valence-electron chi connectivity index (χ4n) is 1.32. The highest BCUT2D eigenvalue weighted by Crippen LogP contribution is 2.05. The predicted octanol–water partition coefficient (Wildman–Crippen LogP) is -0.108. The van der Waals surface area contributed by atoms with Gasteiger partial charge >= 0.3 is 5.97 Å². The molecule has 1 N–H and O–H groups in total. The lowest BCUT2D eigenvalue weighted by atomic mass is 10.3. The van der Waals surface area contributed by atoms with E-state index in [1.807, 2.05) is 23.3 Å². The van der Waals surface area contributed by atoms with Crippen LogP contribution in [0, 0.1) is 0 Å². The van der Waals surface area contributed by atoms with Gasteiger partial charge in [-0.25, -0.2) is 13.9 Å². The van der Waals surface area contributed by atoms with Crippen molar-refractivity contribution < 1.29 is 19.2 Å². The van der Waals surface area contributed by atoms with Crippen LogP contribution in [0.4, 0.5) is 0 Å². The minimum atomic E-state index is -0.314. The van der Waals surface area contributed by atoms with Crippen LogP contribution in [-0.2, 0) is 16.1 Å². The number of hydrogen-bond acceptors (Lipinski definition) is 3. The summed E-state index contributed by atoms with van der Waals surface area (Å²) in [6.45, 7) is 2.70. The van der Waals surface area contributed by atoms with Crippen molar-refractivity contribution in [1.29, 1.82) is 0 Å². The third-order valence-electron chi connectivity index (χ3n) is 2.28. The first kappa shape index (κ1) is 11.7. The van der Waals surface area contributed by atoms with Crippen molar-refractivity contribution in [2.24, 2.45) is 0 Å². The van der Waals surface area contributed by atoms with Crippen molar-refractivity contribution in [1.82, 2.24) is 4.57 Å². The van der Waals surface area contributed by atoms with Crippen LogP contribution in [-0.4, -0.2) is 29.4 Å². The zero-order valence-corrected chi connectivity index (χ0v) is 9.09. The Morgan fingerprint density at radius 1 is 1.67 bits per heavy atom.